The van der Waals surface area contributed by atoms with Gasteiger partial charge in [-0.25, -0.2) is 14.3 Å². The number of carbonyl (C=O) groups is 1. The van der Waals surface area contributed by atoms with Crippen molar-refractivity contribution in [1.29, 1.82) is 0 Å². The molecular formula is C14H11BN4O2. The lowest BCUT2D eigenvalue weighted by atomic mass is 10.1. The Morgan fingerprint density at radius 1 is 1.38 bits per heavy atom. The van der Waals surface area contributed by atoms with E-state index < -0.39 is 5.97 Å². The molecule has 0 aliphatic carbocycles. The lowest BCUT2D eigenvalue weighted by molar-refractivity contribution is 0.0519. The van der Waals surface area contributed by atoms with Crippen LogP contribution in [0, 0.1) is 0 Å². The van der Waals surface area contributed by atoms with Gasteiger partial charge in [0.1, 0.15) is 7.85 Å². The third-order valence-corrected chi connectivity index (χ3v) is 2.86. The molecule has 0 spiro atoms. The molecule has 0 aliphatic rings. The Kier molecular flexibility index (Phi) is 3.39. The standard InChI is InChI=1S/C14H11BN4O2/c1-2-21-14(20)10-7-11(9-5-3-4-6-16-9)19-13(17-10)8-12(15)18-19/h3-8H,2H2,1H3. The summed E-state index contributed by atoms with van der Waals surface area (Å²) >= 11 is 0. The number of fused-ring (bicyclic) bond motifs is 1. The number of hydrogen-bond donors (Lipinski definition) is 0. The van der Waals surface area contributed by atoms with Gasteiger partial charge in [0.15, 0.2) is 11.3 Å². The number of hydrogen-bond acceptors (Lipinski definition) is 5. The third-order valence-electron chi connectivity index (χ3n) is 2.86. The lowest BCUT2D eigenvalue weighted by Crippen LogP contribution is -2.10. The van der Waals surface area contributed by atoms with Crippen molar-refractivity contribution < 1.29 is 9.53 Å². The highest BCUT2D eigenvalue weighted by Gasteiger charge is 2.15. The smallest absolute Gasteiger partial charge is 0.357 e. The molecule has 0 unspecified atom stereocenters. The Morgan fingerprint density at radius 2 is 2.24 bits per heavy atom. The highest BCUT2D eigenvalue weighted by molar-refractivity contribution is 6.31. The van der Waals surface area contributed by atoms with Crippen LogP contribution in [0.4, 0.5) is 0 Å². The van der Waals surface area contributed by atoms with Gasteiger partial charge in [-0.15, -0.1) is 0 Å². The highest BCUT2D eigenvalue weighted by Crippen LogP contribution is 2.18. The third kappa shape index (κ3) is 2.50. The maximum Gasteiger partial charge on any atom is 0.357 e. The van der Waals surface area contributed by atoms with E-state index in [0.717, 1.165) is 0 Å². The summed E-state index contributed by atoms with van der Waals surface area (Å²) in [6.07, 6.45) is 1.67. The van der Waals surface area contributed by atoms with E-state index in [2.05, 4.69) is 15.1 Å². The molecule has 0 saturated carbocycles. The van der Waals surface area contributed by atoms with E-state index >= 15 is 0 Å². The zero-order valence-corrected chi connectivity index (χ0v) is 11.4. The first-order chi connectivity index (χ1) is 10.2. The minimum atomic E-state index is -0.489. The van der Waals surface area contributed by atoms with Crippen LogP contribution in [0.25, 0.3) is 17.0 Å². The second-order valence-electron chi connectivity index (χ2n) is 4.30. The van der Waals surface area contributed by atoms with Crippen LogP contribution in [0.3, 0.4) is 0 Å². The van der Waals surface area contributed by atoms with Gasteiger partial charge in [-0.2, -0.15) is 5.10 Å². The predicted molar refractivity (Wildman–Crippen MR) is 77.6 cm³/mol. The average molecular weight is 278 g/mol. The van der Waals surface area contributed by atoms with Crippen LogP contribution >= 0.6 is 0 Å². The molecule has 0 atom stereocenters. The maximum absolute atomic E-state index is 11.9. The number of carbonyl (C=O) groups excluding carboxylic acids is 1. The summed E-state index contributed by atoms with van der Waals surface area (Å²) in [6.45, 7) is 2.03. The summed E-state index contributed by atoms with van der Waals surface area (Å²) in [5.41, 5.74) is 2.28. The van der Waals surface area contributed by atoms with E-state index in [0.29, 0.717) is 22.6 Å². The molecular weight excluding hydrogens is 267 g/mol. The van der Waals surface area contributed by atoms with Gasteiger partial charge in [-0.3, -0.25) is 4.98 Å². The van der Waals surface area contributed by atoms with Crippen molar-refractivity contribution in [3.63, 3.8) is 0 Å². The predicted octanol–water partition coefficient (Wildman–Crippen LogP) is 0.762. The molecule has 0 amide bonds. The van der Waals surface area contributed by atoms with Crippen molar-refractivity contribution in [3.8, 4) is 11.4 Å². The van der Waals surface area contributed by atoms with Crippen LogP contribution in [-0.4, -0.2) is 40.0 Å². The van der Waals surface area contributed by atoms with Crippen LogP contribution in [0.5, 0.6) is 0 Å². The van der Waals surface area contributed by atoms with Crippen LogP contribution in [0.15, 0.2) is 36.5 Å². The van der Waals surface area contributed by atoms with E-state index in [4.69, 9.17) is 12.6 Å². The van der Waals surface area contributed by atoms with Gasteiger partial charge in [0.2, 0.25) is 0 Å². The van der Waals surface area contributed by atoms with Gasteiger partial charge < -0.3 is 4.74 Å². The van der Waals surface area contributed by atoms with Crippen molar-refractivity contribution in [2.75, 3.05) is 6.61 Å². The van der Waals surface area contributed by atoms with Crippen molar-refractivity contribution in [2.24, 2.45) is 0 Å². The molecule has 0 N–H and O–H groups in total. The van der Waals surface area contributed by atoms with Crippen molar-refractivity contribution in [3.05, 3.63) is 42.2 Å². The van der Waals surface area contributed by atoms with Gasteiger partial charge in [-0.1, -0.05) is 6.07 Å². The van der Waals surface area contributed by atoms with Crippen molar-refractivity contribution in [2.45, 2.75) is 6.92 Å². The average Bonchev–Trinajstić information content (AvgIpc) is 2.87. The van der Waals surface area contributed by atoms with Crippen LogP contribution in [-0.2, 0) is 4.74 Å². The number of esters is 1. The molecule has 102 valence electrons. The number of ether oxygens (including phenoxy) is 1. The number of aromatic nitrogens is 4. The van der Waals surface area contributed by atoms with E-state index in [-0.39, 0.29) is 12.3 Å². The number of nitrogens with zero attached hydrogens (tertiary/aromatic N) is 4. The van der Waals surface area contributed by atoms with E-state index in [9.17, 15) is 4.79 Å². The van der Waals surface area contributed by atoms with Crippen molar-refractivity contribution >= 4 is 25.1 Å². The first-order valence-electron chi connectivity index (χ1n) is 6.44. The molecule has 6 nitrogen and oxygen atoms in total. The van der Waals surface area contributed by atoms with Crippen LogP contribution in [0.1, 0.15) is 17.4 Å². The molecule has 3 rings (SSSR count). The number of pyridine rings is 1. The van der Waals surface area contributed by atoms with Crippen LogP contribution < -0.4 is 5.59 Å². The first kappa shape index (κ1) is 13.3. The van der Waals surface area contributed by atoms with E-state index in [1.54, 1.807) is 29.8 Å². The minimum absolute atomic E-state index is 0.199. The summed E-state index contributed by atoms with van der Waals surface area (Å²) in [7, 11) is 5.71. The first-order valence-corrected chi connectivity index (χ1v) is 6.44. The molecule has 0 aromatic carbocycles. The molecule has 2 radical (unpaired) electrons. The molecule has 21 heavy (non-hydrogen) atoms. The van der Waals surface area contributed by atoms with E-state index in [1.807, 2.05) is 18.2 Å². The summed E-state index contributed by atoms with van der Waals surface area (Å²) in [5, 5.41) is 4.18. The monoisotopic (exact) mass is 278 g/mol. The summed E-state index contributed by atoms with van der Waals surface area (Å²) in [5.74, 6) is -0.489. The fourth-order valence-electron chi connectivity index (χ4n) is 2.00. The van der Waals surface area contributed by atoms with Gasteiger partial charge in [0, 0.05) is 11.8 Å². The van der Waals surface area contributed by atoms with Gasteiger partial charge >= 0.3 is 5.97 Å². The number of rotatable bonds is 3. The topological polar surface area (TPSA) is 69.4 Å². The minimum Gasteiger partial charge on any atom is -0.461 e. The zero-order chi connectivity index (χ0) is 14.8. The Labute approximate surface area is 122 Å². The van der Waals surface area contributed by atoms with E-state index in [1.165, 1.54) is 0 Å². The summed E-state index contributed by atoms with van der Waals surface area (Å²) in [6, 6.07) is 8.67. The largest absolute Gasteiger partial charge is 0.461 e. The zero-order valence-electron chi connectivity index (χ0n) is 11.4. The molecule has 3 aromatic heterocycles. The van der Waals surface area contributed by atoms with Crippen molar-refractivity contribution in [1.82, 2.24) is 19.6 Å². The quantitative estimate of drug-likeness (QED) is 0.522. The fraction of sp³-hybridized carbons (Fsp3) is 0.143. The van der Waals surface area contributed by atoms with Gasteiger partial charge in [0.25, 0.3) is 0 Å². The molecule has 0 saturated heterocycles. The van der Waals surface area contributed by atoms with Crippen LogP contribution in [0.2, 0.25) is 0 Å². The molecule has 3 aromatic rings. The SMILES string of the molecule is [B]c1cc2nc(C(=O)OCC)cc(-c3ccccn3)n2n1. The maximum atomic E-state index is 11.9. The van der Waals surface area contributed by atoms with Gasteiger partial charge in [0.05, 0.1) is 18.0 Å². The molecule has 3 heterocycles. The second-order valence-corrected chi connectivity index (χ2v) is 4.30. The normalized spacial score (nSPS) is 10.7. The Balaban J connectivity index is 2.23. The summed E-state index contributed by atoms with van der Waals surface area (Å²) < 4.78 is 6.55. The molecule has 7 heteroatoms. The lowest BCUT2D eigenvalue weighted by Gasteiger charge is -2.07. The molecule has 0 fully saturated rings. The Bertz CT molecular complexity index is 801. The Morgan fingerprint density at radius 3 is 2.95 bits per heavy atom. The highest BCUT2D eigenvalue weighted by atomic mass is 16.5. The molecule has 0 aliphatic heterocycles. The van der Waals surface area contributed by atoms with Gasteiger partial charge in [-0.05, 0) is 31.2 Å². The summed E-state index contributed by atoms with van der Waals surface area (Å²) in [4.78, 5) is 20.4. The Hall–Kier alpha value is -2.70. The second kappa shape index (κ2) is 5.36. The fourth-order valence-corrected chi connectivity index (χ4v) is 2.00. The molecule has 0 bridgehead atoms.